The summed E-state index contributed by atoms with van der Waals surface area (Å²) in [5, 5.41) is 0. The summed E-state index contributed by atoms with van der Waals surface area (Å²) in [5.74, 6) is -0.0525. The van der Waals surface area contributed by atoms with Crippen molar-refractivity contribution >= 4 is 17.2 Å². The maximum absolute atomic E-state index is 11.2. The average Bonchev–Trinajstić information content (AvgIpc) is 2.37. The predicted octanol–water partition coefficient (Wildman–Crippen LogP) is 0.0220. The number of hydrogen-bond donors (Lipinski definition) is 1. The third kappa shape index (κ3) is 0.808. The fourth-order valence-corrected chi connectivity index (χ4v) is 1.97. The molecular weight excluding hydrogens is 164 g/mol. The van der Waals surface area contributed by atoms with Crippen LogP contribution in [0.3, 0.4) is 0 Å². The molecule has 11 heavy (non-hydrogen) atoms. The normalized spacial score (nSPS) is 15.7. The summed E-state index contributed by atoms with van der Waals surface area (Å²) >= 11 is 0.986. The highest BCUT2D eigenvalue weighted by molar-refractivity contribution is 7.11. The third-order valence-electron chi connectivity index (χ3n) is 1.66. The molecule has 0 saturated carbocycles. The molecule has 0 atom stereocenters. The van der Waals surface area contributed by atoms with Gasteiger partial charge in [-0.3, -0.25) is 9.59 Å². The van der Waals surface area contributed by atoms with Crippen molar-refractivity contribution in [3.05, 3.63) is 20.2 Å². The highest BCUT2D eigenvalue weighted by Gasteiger charge is 2.27. The van der Waals surface area contributed by atoms with E-state index in [9.17, 15) is 9.59 Å². The van der Waals surface area contributed by atoms with E-state index in [1.165, 1.54) is 0 Å². The van der Waals surface area contributed by atoms with Crippen LogP contribution in [-0.2, 0) is 6.54 Å². The minimum Gasteiger partial charge on any atom is -0.335 e. The summed E-state index contributed by atoms with van der Waals surface area (Å²) in [6, 6.07) is 0. The lowest BCUT2D eigenvalue weighted by Gasteiger charge is -2.04. The van der Waals surface area contributed by atoms with Crippen molar-refractivity contribution in [3.8, 4) is 0 Å². The number of rotatable bonds is 0. The number of hydrogen-bond acceptors (Lipinski definition) is 3. The van der Waals surface area contributed by atoms with Gasteiger partial charge in [-0.1, -0.05) is 11.3 Å². The van der Waals surface area contributed by atoms with E-state index < -0.39 is 0 Å². The van der Waals surface area contributed by atoms with Crippen LogP contribution in [-0.4, -0.2) is 22.8 Å². The van der Waals surface area contributed by atoms with Crippen LogP contribution in [0.4, 0.5) is 0 Å². The van der Waals surface area contributed by atoms with E-state index >= 15 is 0 Å². The summed E-state index contributed by atoms with van der Waals surface area (Å²) in [4.78, 5) is 26.6. The van der Waals surface area contributed by atoms with Gasteiger partial charge in [0.25, 0.3) is 5.91 Å². The van der Waals surface area contributed by atoms with Crippen LogP contribution in [0, 0.1) is 0 Å². The van der Waals surface area contributed by atoms with Crippen LogP contribution in [0.15, 0.2) is 4.79 Å². The molecule has 1 amide bonds. The van der Waals surface area contributed by atoms with E-state index in [2.05, 4.69) is 4.98 Å². The summed E-state index contributed by atoms with van der Waals surface area (Å²) < 4.78 is 0. The Kier molecular flexibility index (Phi) is 1.17. The molecule has 1 aromatic heterocycles. The van der Waals surface area contributed by atoms with E-state index in [0.717, 1.165) is 17.0 Å². The second-order valence-electron chi connectivity index (χ2n) is 2.48. The molecule has 0 spiro atoms. The van der Waals surface area contributed by atoms with Crippen molar-refractivity contribution in [1.82, 2.24) is 9.88 Å². The van der Waals surface area contributed by atoms with Gasteiger partial charge in [-0.25, -0.2) is 0 Å². The van der Waals surface area contributed by atoms with Crippen LogP contribution < -0.4 is 4.87 Å². The van der Waals surface area contributed by atoms with Crippen molar-refractivity contribution in [2.75, 3.05) is 7.05 Å². The summed E-state index contributed by atoms with van der Waals surface area (Å²) in [6.45, 7) is 0.535. The van der Waals surface area contributed by atoms with Crippen molar-refractivity contribution in [2.24, 2.45) is 0 Å². The maximum atomic E-state index is 11.2. The number of aromatic nitrogens is 1. The van der Waals surface area contributed by atoms with Crippen molar-refractivity contribution in [3.63, 3.8) is 0 Å². The molecule has 0 fully saturated rings. The summed E-state index contributed by atoms with van der Waals surface area (Å²) in [5.41, 5.74) is 0.757. The van der Waals surface area contributed by atoms with Crippen LogP contribution >= 0.6 is 11.3 Å². The first-order valence-corrected chi connectivity index (χ1v) is 3.97. The number of aromatic amines is 1. The smallest absolute Gasteiger partial charge is 0.305 e. The molecule has 0 radical (unpaired) electrons. The zero-order valence-electron chi connectivity index (χ0n) is 5.88. The minimum atomic E-state index is -0.142. The Morgan fingerprint density at radius 3 is 2.91 bits per heavy atom. The molecule has 2 rings (SSSR count). The fourth-order valence-electron chi connectivity index (χ4n) is 1.13. The number of carbonyl (C=O) groups excluding carboxylic acids is 1. The number of H-pyrrole nitrogens is 1. The first-order chi connectivity index (χ1) is 5.18. The van der Waals surface area contributed by atoms with Gasteiger partial charge in [0.05, 0.1) is 12.2 Å². The molecule has 0 bridgehead atoms. The Morgan fingerprint density at radius 2 is 2.27 bits per heavy atom. The number of nitrogens with one attached hydrogen (secondary N) is 1. The van der Waals surface area contributed by atoms with E-state index in [1.807, 2.05) is 0 Å². The predicted molar refractivity (Wildman–Crippen MR) is 40.7 cm³/mol. The van der Waals surface area contributed by atoms with Gasteiger partial charge in [-0.05, 0) is 0 Å². The quantitative estimate of drug-likeness (QED) is 0.597. The number of thiazole rings is 1. The molecule has 58 valence electrons. The van der Waals surface area contributed by atoms with Crippen LogP contribution in [0.5, 0.6) is 0 Å². The lowest BCUT2D eigenvalue weighted by atomic mass is 10.4. The molecular formula is C6H6N2O2S. The first kappa shape index (κ1) is 6.60. The Labute approximate surface area is 66.5 Å². The summed E-state index contributed by atoms with van der Waals surface area (Å²) in [7, 11) is 1.72. The molecule has 5 heteroatoms. The maximum Gasteiger partial charge on any atom is 0.305 e. The van der Waals surface area contributed by atoms with Gasteiger partial charge in [0.15, 0.2) is 0 Å². The van der Waals surface area contributed by atoms with Crippen molar-refractivity contribution in [2.45, 2.75) is 6.54 Å². The fraction of sp³-hybridized carbons (Fsp3) is 0.333. The average molecular weight is 170 g/mol. The summed E-state index contributed by atoms with van der Waals surface area (Å²) in [6.07, 6.45) is 0. The topological polar surface area (TPSA) is 53.2 Å². The Balaban J connectivity index is 2.60. The molecule has 0 saturated heterocycles. The van der Waals surface area contributed by atoms with Crippen molar-refractivity contribution < 1.29 is 4.79 Å². The van der Waals surface area contributed by atoms with Gasteiger partial charge < -0.3 is 9.88 Å². The molecule has 0 aliphatic carbocycles. The second-order valence-corrected chi connectivity index (χ2v) is 3.47. The molecule has 1 N–H and O–H groups in total. The van der Waals surface area contributed by atoms with Crippen molar-refractivity contribution in [1.29, 1.82) is 0 Å². The van der Waals surface area contributed by atoms with E-state index in [-0.39, 0.29) is 10.8 Å². The number of carbonyl (C=O) groups is 1. The highest BCUT2D eigenvalue weighted by atomic mass is 32.1. The van der Waals surface area contributed by atoms with Crippen LogP contribution in [0.2, 0.25) is 0 Å². The second kappa shape index (κ2) is 1.94. The van der Waals surface area contributed by atoms with Crippen LogP contribution in [0.25, 0.3) is 0 Å². The van der Waals surface area contributed by atoms with E-state index in [1.54, 1.807) is 11.9 Å². The van der Waals surface area contributed by atoms with Gasteiger partial charge in [-0.2, -0.15) is 0 Å². The standard InChI is InChI=1S/C6H6N2O2S/c1-8-2-3-4(5(8)9)11-6(10)7-3/h2H2,1H3,(H,7,10). The van der Waals surface area contributed by atoms with Gasteiger partial charge >= 0.3 is 4.87 Å². The van der Waals surface area contributed by atoms with E-state index in [0.29, 0.717) is 11.4 Å². The Hall–Kier alpha value is -1.10. The number of amides is 1. The molecule has 1 aliphatic rings. The first-order valence-electron chi connectivity index (χ1n) is 3.16. The molecule has 1 aliphatic heterocycles. The van der Waals surface area contributed by atoms with E-state index in [4.69, 9.17) is 0 Å². The zero-order chi connectivity index (χ0) is 8.01. The largest absolute Gasteiger partial charge is 0.335 e. The monoisotopic (exact) mass is 170 g/mol. The molecule has 0 aromatic carbocycles. The van der Waals surface area contributed by atoms with Gasteiger partial charge in [0.2, 0.25) is 0 Å². The third-order valence-corrected chi connectivity index (χ3v) is 2.57. The van der Waals surface area contributed by atoms with Gasteiger partial charge in [0.1, 0.15) is 4.88 Å². The molecule has 4 nitrogen and oxygen atoms in total. The molecule has 1 aromatic rings. The van der Waals surface area contributed by atoms with Gasteiger partial charge in [-0.15, -0.1) is 0 Å². The molecule has 2 heterocycles. The number of fused-ring (bicyclic) bond motifs is 1. The Bertz CT molecular complexity index is 365. The molecule has 0 unspecified atom stereocenters. The zero-order valence-corrected chi connectivity index (χ0v) is 6.70. The van der Waals surface area contributed by atoms with Gasteiger partial charge in [0, 0.05) is 7.05 Å². The lowest BCUT2D eigenvalue weighted by molar-refractivity contribution is 0.0819. The minimum absolute atomic E-state index is 0.0525. The highest BCUT2D eigenvalue weighted by Crippen LogP contribution is 2.20. The van der Waals surface area contributed by atoms with Crippen LogP contribution in [0.1, 0.15) is 15.4 Å². The SMILES string of the molecule is CN1Cc2[nH]c(=O)sc2C1=O. The Morgan fingerprint density at radius 1 is 1.55 bits per heavy atom. The number of nitrogens with zero attached hydrogens (tertiary/aromatic N) is 1. The lowest BCUT2D eigenvalue weighted by Crippen LogP contribution is -2.18.